The van der Waals surface area contributed by atoms with Crippen molar-refractivity contribution in [2.24, 2.45) is 0 Å². The minimum absolute atomic E-state index is 0.0911. The predicted molar refractivity (Wildman–Crippen MR) is 97.7 cm³/mol. The van der Waals surface area contributed by atoms with Crippen molar-refractivity contribution >= 4 is 17.6 Å². The average Bonchev–Trinajstić information content (AvgIpc) is 3.14. The maximum atomic E-state index is 13.0. The Bertz CT molecular complexity index is 1090. The van der Waals surface area contributed by atoms with Crippen LogP contribution in [0.4, 0.5) is 13.2 Å². The fraction of sp³-hybridized carbons (Fsp3) is 0.0476. The molecule has 0 unspecified atom stereocenters. The first-order valence-electron chi connectivity index (χ1n) is 8.10. The van der Waals surface area contributed by atoms with Gasteiger partial charge in [0.05, 0.1) is 22.8 Å². The first kappa shape index (κ1) is 19.0. The molecule has 4 nitrogen and oxygen atoms in total. The summed E-state index contributed by atoms with van der Waals surface area (Å²) in [5.74, 6) is -1.08. The molecule has 0 spiro atoms. The lowest BCUT2D eigenvalue weighted by Gasteiger charge is -2.11. The smallest absolute Gasteiger partial charge is 0.416 e. The number of allylic oxidation sites excluding steroid dienone is 1. The zero-order chi connectivity index (χ0) is 20.3. The molecule has 0 aliphatic heterocycles. The molecular formula is C21H13F3N2O2. The van der Waals surface area contributed by atoms with Gasteiger partial charge in [-0.3, -0.25) is 0 Å². The van der Waals surface area contributed by atoms with Crippen LogP contribution in [-0.2, 0) is 6.18 Å². The second-order valence-electron chi connectivity index (χ2n) is 5.90. The van der Waals surface area contributed by atoms with E-state index in [0.717, 1.165) is 12.1 Å². The summed E-state index contributed by atoms with van der Waals surface area (Å²) in [4.78, 5) is 10.9. The van der Waals surface area contributed by atoms with Gasteiger partial charge >= 0.3 is 12.1 Å². The zero-order valence-electron chi connectivity index (χ0n) is 14.3. The SMILES string of the molecule is N#C/C(=C/c1cccn1-c1cccc(C(F)(F)F)c1)c1ccc(C(=O)O)cc1. The fourth-order valence-electron chi connectivity index (χ4n) is 2.70. The van der Waals surface area contributed by atoms with E-state index in [-0.39, 0.29) is 11.1 Å². The van der Waals surface area contributed by atoms with Crippen molar-refractivity contribution in [2.45, 2.75) is 6.18 Å². The van der Waals surface area contributed by atoms with E-state index in [9.17, 15) is 23.2 Å². The largest absolute Gasteiger partial charge is 0.478 e. The summed E-state index contributed by atoms with van der Waals surface area (Å²) in [5.41, 5.74) is 0.905. The molecule has 3 rings (SSSR count). The van der Waals surface area contributed by atoms with E-state index in [2.05, 4.69) is 0 Å². The molecule has 28 heavy (non-hydrogen) atoms. The first-order chi connectivity index (χ1) is 13.3. The van der Waals surface area contributed by atoms with E-state index in [1.165, 1.54) is 41.0 Å². The van der Waals surface area contributed by atoms with Crippen LogP contribution in [0.25, 0.3) is 17.3 Å². The molecule has 7 heteroatoms. The van der Waals surface area contributed by atoms with Gasteiger partial charge in [-0.05, 0) is 54.1 Å². The van der Waals surface area contributed by atoms with Crippen molar-refractivity contribution in [1.29, 1.82) is 5.26 Å². The Morgan fingerprint density at radius 3 is 2.32 bits per heavy atom. The van der Waals surface area contributed by atoms with Gasteiger partial charge in [0.1, 0.15) is 0 Å². The van der Waals surface area contributed by atoms with Crippen LogP contribution in [0.1, 0.15) is 27.2 Å². The van der Waals surface area contributed by atoms with Gasteiger partial charge in [-0.25, -0.2) is 4.79 Å². The molecule has 0 aliphatic rings. The molecule has 1 aromatic heterocycles. The number of aromatic nitrogens is 1. The minimum atomic E-state index is -4.46. The molecule has 0 fully saturated rings. The van der Waals surface area contributed by atoms with Gasteiger partial charge in [0.25, 0.3) is 0 Å². The lowest BCUT2D eigenvalue weighted by molar-refractivity contribution is -0.137. The predicted octanol–water partition coefficient (Wildman–Crippen LogP) is 5.26. The number of carbonyl (C=O) groups is 1. The number of alkyl halides is 3. The van der Waals surface area contributed by atoms with Crippen LogP contribution in [0.2, 0.25) is 0 Å². The Hall–Kier alpha value is -3.79. The monoisotopic (exact) mass is 382 g/mol. The van der Waals surface area contributed by atoms with E-state index in [4.69, 9.17) is 5.11 Å². The lowest BCUT2D eigenvalue weighted by atomic mass is 10.0. The molecule has 140 valence electrons. The average molecular weight is 382 g/mol. The van der Waals surface area contributed by atoms with Crippen molar-refractivity contribution in [2.75, 3.05) is 0 Å². The Morgan fingerprint density at radius 2 is 1.71 bits per heavy atom. The van der Waals surface area contributed by atoms with Crippen molar-refractivity contribution < 1.29 is 23.1 Å². The quantitative estimate of drug-likeness (QED) is 0.626. The second-order valence-corrected chi connectivity index (χ2v) is 5.90. The third-order valence-electron chi connectivity index (χ3n) is 4.09. The van der Waals surface area contributed by atoms with Gasteiger partial charge in [-0.2, -0.15) is 18.4 Å². The normalized spacial score (nSPS) is 11.9. The standard InChI is InChI=1S/C21H13F3N2O2/c22-21(23,24)17-3-1-4-19(12-17)26-10-2-5-18(26)11-16(13-25)14-6-8-15(9-7-14)20(27)28/h1-12H,(H,27,28)/b16-11-. The summed E-state index contributed by atoms with van der Waals surface area (Å²) < 4.78 is 40.5. The van der Waals surface area contributed by atoms with Crippen LogP contribution in [-0.4, -0.2) is 15.6 Å². The Labute approximate surface area is 158 Å². The molecule has 1 heterocycles. The van der Waals surface area contributed by atoms with Gasteiger partial charge in [0.15, 0.2) is 0 Å². The molecule has 0 atom stereocenters. The third kappa shape index (κ3) is 3.96. The van der Waals surface area contributed by atoms with E-state index in [1.54, 1.807) is 24.4 Å². The molecule has 1 N–H and O–H groups in total. The number of nitriles is 1. The highest BCUT2D eigenvalue weighted by atomic mass is 19.4. The van der Waals surface area contributed by atoms with Gasteiger partial charge in [-0.1, -0.05) is 18.2 Å². The molecule has 0 saturated carbocycles. The summed E-state index contributed by atoms with van der Waals surface area (Å²) in [6, 6.07) is 16.0. The lowest BCUT2D eigenvalue weighted by Crippen LogP contribution is -2.06. The molecule has 0 aliphatic carbocycles. The highest BCUT2D eigenvalue weighted by Crippen LogP contribution is 2.31. The number of nitrogens with zero attached hydrogens (tertiary/aromatic N) is 2. The zero-order valence-corrected chi connectivity index (χ0v) is 14.3. The van der Waals surface area contributed by atoms with Gasteiger partial charge < -0.3 is 9.67 Å². The maximum absolute atomic E-state index is 13.0. The van der Waals surface area contributed by atoms with E-state index in [1.807, 2.05) is 6.07 Å². The van der Waals surface area contributed by atoms with Crippen molar-refractivity contribution in [1.82, 2.24) is 4.57 Å². The number of benzene rings is 2. The van der Waals surface area contributed by atoms with Gasteiger partial charge in [-0.15, -0.1) is 0 Å². The molecule has 3 aromatic rings. The van der Waals surface area contributed by atoms with Crippen LogP contribution in [0, 0.1) is 11.3 Å². The van der Waals surface area contributed by atoms with E-state index in [0.29, 0.717) is 16.9 Å². The summed E-state index contributed by atoms with van der Waals surface area (Å²) in [6.45, 7) is 0. The Balaban J connectivity index is 2.01. The highest BCUT2D eigenvalue weighted by Gasteiger charge is 2.30. The molecule has 0 amide bonds. The summed E-state index contributed by atoms with van der Waals surface area (Å²) in [5, 5.41) is 18.4. The summed E-state index contributed by atoms with van der Waals surface area (Å²) in [7, 11) is 0. The molecule has 2 aromatic carbocycles. The van der Waals surface area contributed by atoms with Crippen molar-refractivity contribution in [3.8, 4) is 11.8 Å². The number of hydrogen-bond acceptors (Lipinski definition) is 2. The van der Waals surface area contributed by atoms with Crippen LogP contribution < -0.4 is 0 Å². The van der Waals surface area contributed by atoms with Crippen LogP contribution in [0.15, 0.2) is 66.9 Å². The van der Waals surface area contributed by atoms with E-state index < -0.39 is 17.7 Å². The number of rotatable bonds is 4. The second kappa shape index (κ2) is 7.45. The Morgan fingerprint density at radius 1 is 1.04 bits per heavy atom. The van der Waals surface area contributed by atoms with Crippen molar-refractivity contribution in [3.63, 3.8) is 0 Å². The number of carboxylic acids is 1. The first-order valence-corrected chi connectivity index (χ1v) is 8.10. The summed E-state index contributed by atoms with van der Waals surface area (Å²) in [6.07, 6.45) is -1.32. The van der Waals surface area contributed by atoms with Crippen molar-refractivity contribution in [3.05, 3.63) is 89.2 Å². The van der Waals surface area contributed by atoms with Crippen LogP contribution >= 0.6 is 0 Å². The van der Waals surface area contributed by atoms with Crippen LogP contribution in [0.3, 0.4) is 0 Å². The molecule has 0 saturated heterocycles. The minimum Gasteiger partial charge on any atom is -0.478 e. The number of hydrogen-bond donors (Lipinski definition) is 1. The molecule has 0 radical (unpaired) electrons. The highest BCUT2D eigenvalue weighted by molar-refractivity contribution is 5.92. The molecule has 0 bridgehead atoms. The van der Waals surface area contributed by atoms with Gasteiger partial charge in [0.2, 0.25) is 0 Å². The number of carboxylic acid groups (broad SMARTS) is 1. The number of halogens is 3. The van der Waals surface area contributed by atoms with E-state index >= 15 is 0 Å². The maximum Gasteiger partial charge on any atom is 0.416 e. The third-order valence-corrected chi connectivity index (χ3v) is 4.09. The molecular weight excluding hydrogens is 369 g/mol. The van der Waals surface area contributed by atoms with Crippen LogP contribution in [0.5, 0.6) is 0 Å². The number of aromatic carboxylic acids is 1. The summed E-state index contributed by atoms with van der Waals surface area (Å²) >= 11 is 0. The topological polar surface area (TPSA) is 66.0 Å². The van der Waals surface area contributed by atoms with Gasteiger partial charge in [0, 0.05) is 17.6 Å². The Kier molecular flexibility index (Phi) is 5.05. The fourth-order valence-corrected chi connectivity index (χ4v) is 2.70.